The zero-order chi connectivity index (χ0) is 14.8. The average molecular weight is 314 g/mol. The highest BCUT2D eigenvalue weighted by Gasteiger charge is 2.34. The summed E-state index contributed by atoms with van der Waals surface area (Å²) in [7, 11) is -3.74. The second-order valence-electron chi connectivity index (χ2n) is 4.73. The van der Waals surface area contributed by atoms with Gasteiger partial charge >= 0.3 is 0 Å². The first-order valence-electron chi connectivity index (χ1n) is 6.43. The number of benzene rings is 1. The maximum Gasteiger partial charge on any atom is 0.244 e. The van der Waals surface area contributed by atoms with E-state index in [1.54, 1.807) is 0 Å². The highest BCUT2D eigenvalue weighted by Crippen LogP contribution is 2.29. The fraction of sp³-hybridized carbons (Fsp3) is 0.462. The van der Waals surface area contributed by atoms with Gasteiger partial charge in [-0.15, -0.1) is 0 Å². The topological polar surface area (TPSA) is 87.2 Å². The van der Waals surface area contributed by atoms with E-state index in [1.165, 1.54) is 22.5 Å². The minimum absolute atomic E-state index is 0.00416. The molecule has 1 heterocycles. The molecule has 2 rings (SSSR count). The zero-order valence-electron chi connectivity index (χ0n) is 10.9. The van der Waals surface area contributed by atoms with Gasteiger partial charge in [-0.3, -0.25) is 0 Å². The Balaban J connectivity index is 2.50. The van der Waals surface area contributed by atoms with Crippen LogP contribution in [0.4, 0.5) is 0 Å². The second-order valence-corrected chi connectivity index (χ2v) is 6.99. The van der Waals surface area contributed by atoms with Gasteiger partial charge in [-0.2, -0.15) is 9.57 Å². The van der Waals surface area contributed by atoms with E-state index in [9.17, 15) is 8.42 Å². The van der Waals surface area contributed by atoms with Crippen LogP contribution >= 0.6 is 11.6 Å². The highest BCUT2D eigenvalue weighted by molar-refractivity contribution is 7.89. The number of nitriles is 1. The molecular formula is C13H16ClN3O2S. The maximum absolute atomic E-state index is 12.7. The number of nitrogens with zero attached hydrogens (tertiary/aromatic N) is 2. The van der Waals surface area contributed by atoms with Crippen LogP contribution in [0.1, 0.15) is 24.8 Å². The van der Waals surface area contributed by atoms with Crippen LogP contribution < -0.4 is 5.73 Å². The van der Waals surface area contributed by atoms with Crippen molar-refractivity contribution in [2.24, 2.45) is 5.73 Å². The Morgan fingerprint density at radius 2 is 2.20 bits per heavy atom. The zero-order valence-corrected chi connectivity index (χ0v) is 12.5. The van der Waals surface area contributed by atoms with E-state index >= 15 is 0 Å². The van der Waals surface area contributed by atoms with Gasteiger partial charge in [0.1, 0.15) is 11.0 Å². The van der Waals surface area contributed by atoms with Crippen LogP contribution in [0.3, 0.4) is 0 Å². The summed E-state index contributed by atoms with van der Waals surface area (Å²) in [5.41, 5.74) is 5.67. The summed E-state index contributed by atoms with van der Waals surface area (Å²) in [6.07, 6.45) is 2.52. The number of hydrogen-bond acceptors (Lipinski definition) is 4. The molecule has 1 unspecified atom stereocenters. The van der Waals surface area contributed by atoms with Crippen molar-refractivity contribution in [3.8, 4) is 6.07 Å². The largest absolute Gasteiger partial charge is 0.329 e. The minimum Gasteiger partial charge on any atom is -0.329 e. The van der Waals surface area contributed by atoms with Gasteiger partial charge in [0.05, 0.1) is 10.6 Å². The lowest BCUT2D eigenvalue weighted by atomic mass is 10.1. The molecular weight excluding hydrogens is 298 g/mol. The predicted molar refractivity (Wildman–Crippen MR) is 76.8 cm³/mol. The van der Waals surface area contributed by atoms with Gasteiger partial charge in [0.25, 0.3) is 0 Å². The summed E-state index contributed by atoms with van der Waals surface area (Å²) in [5.74, 6) is 0. The molecule has 1 atom stereocenters. The number of piperidine rings is 1. The number of halogens is 1. The standard InChI is InChI=1S/C13H16ClN3O2S/c14-12-5-3-6-13(11(12)9-16)20(18,19)17-7-2-1-4-10(17)8-15/h3,5-6,10H,1-2,4,7-8,15H2. The Morgan fingerprint density at radius 3 is 2.85 bits per heavy atom. The van der Waals surface area contributed by atoms with Gasteiger partial charge < -0.3 is 5.73 Å². The maximum atomic E-state index is 12.7. The first-order valence-corrected chi connectivity index (χ1v) is 8.24. The molecule has 1 aromatic carbocycles. The Hall–Kier alpha value is -1.13. The van der Waals surface area contributed by atoms with Gasteiger partial charge in [-0.05, 0) is 25.0 Å². The lowest BCUT2D eigenvalue weighted by Crippen LogP contribution is -2.47. The Bertz CT molecular complexity index is 640. The Kier molecular flexibility index (Phi) is 4.66. The van der Waals surface area contributed by atoms with Gasteiger partial charge in [-0.25, -0.2) is 8.42 Å². The van der Waals surface area contributed by atoms with Gasteiger partial charge in [0, 0.05) is 19.1 Å². The summed E-state index contributed by atoms with van der Waals surface area (Å²) in [6, 6.07) is 6.13. The monoisotopic (exact) mass is 313 g/mol. The van der Waals surface area contributed by atoms with Crippen molar-refractivity contribution in [1.82, 2.24) is 4.31 Å². The van der Waals surface area contributed by atoms with Crippen molar-refractivity contribution in [2.75, 3.05) is 13.1 Å². The van der Waals surface area contributed by atoms with Crippen LogP contribution in [0.5, 0.6) is 0 Å². The molecule has 7 heteroatoms. The van der Waals surface area contributed by atoms with Gasteiger partial charge in [0.2, 0.25) is 10.0 Å². The molecule has 0 spiro atoms. The molecule has 0 radical (unpaired) electrons. The third-order valence-electron chi connectivity index (χ3n) is 3.52. The summed E-state index contributed by atoms with van der Waals surface area (Å²) in [4.78, 5) is -0.0344. The Morgan fingerprint density at radius 1 is 1.45 bits per heavy atom. The molecule has 5 nitrogen and oxygen atoms in total. The lowest BCUT2D eigenvalue weighted by molar-refractivity contribution is 0.257. The van der Waals surface area contributed by atoms with Crippen LogP contribution in [0.15, 0.2) is 23.1 Å². The number of hydrogen-bond donors (Lipinski definition) is 1. The SMILES string of the molecule is N#Cc1c(Cl)cccc1S(=O)(=O)N1CCCCC1CN. The molecule has 1 aliphatic heterocycles. The van der Waals surface area contributed by atoms with E-state index in [-0.39, 0.29) is 28.1 Å². The number of sulfonamides is 1. The normalized spacial score (nSPS) is 20.6. The molecule has 0 saturated carbocycles. The third kappa shape index (κ3) is 2.67. The van der Waals surface area contributed by atoms with Crippen molar-refractivity contribution in [3.05, 3.63) is 28.8 Å². The van der Waals surface area contributed by atoms with E-state index in [0.29, 0.717) is 6.54 Å². The second kappa shape index (κ2) is 6.10. The number of rotatable bonds is 3. The van der Waals surface area contributed by atoms with Crippen LogP contribution in [-0.2, 0) is 10.0 Å². The first-order chi connectivity index (χ1) is 9.52. The smallest absolute Gasteiger partial charge is 0.244 e. The van der Waals surface area contributed by atoms with Crippen molar-refractivity contribution in [2.45, 2.75) is 30.2 Å². The van der Waals surface area contributed by atoms with E-state index in [0.717, 1.165) is 19.3 Å². The molecule has 0 aliphatic carbocycles. The van der Waals surface area contributed by atoms with Crippen molar-refractivity contribution >= 4 is 21.6 Å². The van der Waals surface area contributed by atoms with Crippen molar-refractivity contribution in [3.63, 3.8) is 0 Å². The average Bonchev–Trinajstić information content (AvgIpc) is 2.46. The predicted octanol–water partition coefficient (Wildman–Crippen LogP) is 1.71. The molecule has 1 fully saturated rings. The van der Waals surface area contributed by atoms with Gasteiger partial charge in [0.15, 0.2) is 0 Å². The summed E-state index contributed by atoms with van der Waals surface area (Å²) >= 11 is 5.91. The summed E-state index contributed by atoms with van der Waals surface area (Å²) in [5, 5.41) is 9.29. The fourth-order valence-electron chi connectivity index (χ4n) is 2.48. The van der Waals surface area contributed by atoms with Crippen LogP contribution in [0.2, 0.25) is 5.02 Å². The molecule has 0 aromatic heterocycles. The minimum atomic E-state index is -3.74. The molecule has 0 amide bonds. The Labute approximate surface area is 124 Å². The van der Waals surface area contributed by atoms with Crippen molar-refractivity contribution < 1.29 is 8.42 Å². The third-order valence-corrected chi connectivity index (χ3v) is 5.83. The first kappa shape index (κ1) is 15.3. The molecule has 1 aromatic rings. The van der Waals surface area contributed by atoms with Crippen LogP contribution in [0, 0.1) is 11.3 Å². The molecule has 2 N–H and O–H groups in total. The van der Waals surface area contributed by atoms with Crippen molar-refractivity contribution in [1.29, 1.82) is 5.26 Å². The van der Waals surface area contributed by atoms with Crippen LogP contribution in [-0.4, -0.2) is 31.9 Å². The lowest BCUT2D eigenvalue weighted by Gasteiger charge is -2.34. The van der Waals surface area contributed by atoms with E-state index in [4.69, 9.17) is 22.6 Å². The molecule has 1 aliphatic rings. The summed E-state index contributed by atoms with van der Waals surface area (Å²) in [6.45, 7) is 0.712. The summed E-state index contributed by atoms with van der Waals surface area (Å²) < 4.78 is 26.9. The van der Waals surface area contributed by atoms with E-state index in [2.05, 4.69) is 0 Å². The van der Waals surface area contributed by atoms with E-state index in [1.807, 2.05) is 6.07 Å². The van der Waals surface area contributed by atoms with Gasteiger partial charge in [-0.1, -0.05) is 24.1 Å². The van der Waals surface area contributed by atoms with Crippen LogP contribution in [0.25, 0.3) is 0 Å². The molecule has 108 valence electrons. The van der Waals surface area contributed by atoms with E-state index < -0.39 is 10.0 Å². The molecule has 1 saturated heterocycles. The number of nitrogens with two attached hydrogens (primary N) is 1. The molecule has 20 heavy (non-hydrogen) atoms. The highest BCUT2D eigenvalue weighted by atomic mass is 35.5. The quantitative estimate of drug-likeness (QED) is 0.920. The fourth-order valence-corrected chi connectivity index (χ4v) is 4.62. The molecule has 0 bridgehead atoms.